The average Bonchev–Trinajstić information content (AvgIpc) is 3.34. The highest BCUT2D eigenvalue weighted by Crippen LogP contribution is 2.50. The first kappa shape index (κ1) is 29.5. The summed E-state index contributed by atoms with van der Waals surface area (Å²) in [4.78, 5) is 17.0. The van der Waals surface area contributed by atoms with Crippen molar-refractivity contribution in [2.45, 2.75) is 44.1 Å². The largest absolute Gasteiger partial charge is 0.417 e. The molecule has 2 aliphatic rings. The highest BCUT2D eigenvalue weighted by Gasteiger charge is 2.51. The second kappa shape index (κ2) is 10.5. The molecule has 2 atom stereocenters. The topological polar surface area (TPSA) is 132 Å². The number of carbonyl (C=O) groups excluding carboxylic acids is 1. The van der Waals surface area contributed by atoms with E-state index in [-0.39, 0.29) is 31.4 Å². The van der Waals surface area contributed by atoms with Crippen molar-refractivity contribution in [3.63, 3.8) is 0 Å². The first-order chi connectivity index (χ1) is 18.6. The van der Waals surface area contributed by atoms with E-state index in [1.54, 1.807) is 6.08 Å². The zero-order valence-corrected chi connectivity index (χ0v) is 21.7. The summed E-state index contributed by atoms with van der Waals surface area (Å²) in [6.45, 7) is -1.51. The first-order valence-electron chi connectivity index (χ1n) is 11.9. The number of halogens is 6. The molecule has 3 N–H and O–H groups in total. The second-order valence-corrected chi connectivity index (χ2v) is 11.6. The number of allylic oxidation sites excluding steroid dienone is 2. The summed E-state index contributed by atoms with van der Waals surface area (Å²) in [6.07, 6.45) is -4.00. The summed E-state index contributed by atoms with van der Waals surface area (Å²) >= 11 is 0. The van der Waals surface area contributed by atoms with Crippen LogP contribution in [0, 0.1) is 10.8 Å². The molecule has 1 fully saturated rings. The van der Waals surface area contributed by atoms with E-state index in [2.05, 4.69) is 15.2 Å². The van der Waals surface area contributed by atoms with E-state index in [1.807, 2.05) is 5.32 Å². The van der Waals surface area contributed by atoms with E-state index in [9.17, 15) is 39.6 Å². The maximum atomic E-state index is 13.9. The lowest BCUT2D eigenvalue weighted by atomic mass is 9.60. The number of Topliss-reactive ketones (excluding diaryl/α,β-unsaturated/α-hetero) is 1. The van der Waals surface area contributed by atoms with Gasteiger partial charge in [0.05, 0.1) is 22.9 Å². The monoisotopic (exact) mass is 590 g/mol. The Morgan fingerprint density at radius 1 is 1.25 bits per heavy atom. The summed E-state index contributed by atoms with van der Waals surface area (Å²) in [5.74, 6) is -0.593. The molecular formula is C24H24F6N6O3S. The van der Waals surface area contributed by atoms with Crippen LogP contribution in [0.25, 0.3) is 6.08 Å². The lowest BCUT2D eigenvalue weighted by Gasteiger charge is -2.45. The zero-order chi connectivity index (χ0) is 29.5. The van der Waals surface area contributed by atoms with Crippen molar-refractivity contribution in [1.29, 1.82) is 5.41 Å². The van der Waals surface area contributed by atoms with Gasteiger partial charge in [-0.2, -0.15) is 35.7 Å². The maximum Gasteiger partial charge on any atom is 0.417 e. The average molecular weight is 591 g/mol. The van der Waals surface area contributed by atoms with E-state index in [4.69, 9.17) is 5.41 Å². The number of nitrogens with zero attached hydrogens (tertiary/aromatic N) is 3. The van der Waals surface area contributed by atoms with E-state index in [0.29, 0.717) is 35.4 Å². The van der Waals surface area contributed by atoms with Crippen LogP contribution in [0.15, 0.2) is 41.2 Å². The molecule has 40 heavy (non-hydrogen) atoms. The molecule has 9 nitrogen and oxygen atoms in total. The van der Waals surface area contributed by atoms with Gasteiger partial charge in [-0.15, -0.1) is 0 Å². The highest BCUT2D eigenvalue weighted by atomic mass is 32.2. The fraction of sp³-hybridized carbons (Fsp3) is 0.417. The zero-order valence-electron chi connectivity index (χ0n) is 20.9. The molecule has 0 spiro atoms. The Morgan fingerprint density at radius 2 is 1.98 bits per heavy atom. The van der Waals surface area contributed by atoms with Crippen LogP contribution in [0.1, 0.15) is 46.6 Å². The van der Waals surface area contributed by atoms with Gasteiger partial charge in [0.2, 0.25) is 10.0 Å². The van der Waals surface area contributed by atoms with E-state index in [0.717, 1.165) is 16.4 Å². The van der Waals surface area contributed by atoms with Gasteiger partial charge in [0.15, 0.2) is 5.78 Å². The van der Waals surface area contributed by atoms with Crippen molar-refractivity contribution in [3.05, 3.63) is 63.7 Å². The minimum absolute atomic E-state index is 0.0804. The van der Waals surface area contributed by atoms with Crippen LogP contribution in [0.3, 0.4) is 0 Å². The number of ketones is 1. The van der Waals surface area contributed by atoms with Gasteiger partial charge >= 0.3 is 12.4 Å². The molecule has 2 aromatic rings. The Labute approximate surface area is 224 Å². The summed E-state index contributed by atoms with van der Waals surface area (Å²) in [7, 11) is -3.26. The summed E-state index contributed by atoms with van der Waals surface area (Å²) in [5.41, 5.74) is -0.689. The number of nitrogens with one attached hydrogen (secondary N) is 3. The van der Waals surface area contributed by atoms with Gasteiger partial charge in [0.1, 0.15) is 17.1 Å². The number of sulfonamides is 1. The molecule has 2 heterocycles. The number of alkyl halides is 6. The minimum atomic E-state index is -4.66. The SMILES string of the molecule is CN([C@H]1CCC2=Cc3[nH]ncc3C[C@]2(C(=O)c2ccc(C(F)(F)F)cn2)C1)S(=O)(=O)/C(C=N)=C/NCC(F)(F)F. The third kappa shape index (κ3) is 5.68. The molecule has 0 saturated heterocycles. The van der Waals surface area contributed by atoms with Gasteiger partial charge < -0.3 is 10.7 Å². The smallest absolute Gasteiger partial charge is 0.381 e. The molecule has 0 radical (unpaired) electrons. The van der Waals surface area contributed by atoms with Gasteiger partial charge in [-0.1, -0.05) is 5.57 Å². The number of hydrogen-bond donors (Lipinski definition) is 3. The van der Waals surface area contributed by atoms with Crippen LogP contribution in [-0.2, 0) is 22.6 Å². The van der Waals surface area contributed by atoms with Crippen LogP contribution >= 0.6 is 0 Å². The van der Waals surface area contributed by atoms with Gasteiger partial charge in [0, 0.05) is 31.7 Å². The number of fused-ring (bicyclic) bond motifs is 2. The van der Waals surface area contributed by atoms with Crippen LogP contribution in [0.2, 0.25) is 0 Å². The standard InChI is InChI=1S/C24H24F6N6O3S/c1-36(40(38,39)18(9-31)12-32-13-23(25,26)27)17-4-2-15-6-20-14(10-34-35-20)7-22(15,8-17)21(37)19-5-3-16(11-33-19)24(28,29)30/h3,5-6,9-12,17,31-32H,2,4,7-8,13H2,1H3,(H,34,35)/b18-12+,31-9?/t17-,22-/m0/s1. The Kier molecular flexibility index (Phi) is 7.70. The van der Waals surface area contributed by atoms with Crippen molar-refractivity contribution in [1.82, 2.24) is 24.8 Å². The molecule has 16 heteroatoms. The lowest BCUT2D eigenvalue weighted by molar-refractivity contribution is -0.137. The molecule has 4 rings (SSSR count). The van der Waals surface area contributed by atoms with Crippen LogP contribution in [-0.4, -0.2) is 65.7 Å². The highest BCUT2D eigenvalue weighted by molar-refractivity contribution is 7.93. The number of pyridine rings is 1. The van der Waals surface area contributed by atoms with Gasteiger partial charge in [-0.25, -0.2) is 8.42 Å². The first-order valence-corrected chi connectivity index (χ1v) is 13.3. The predicted molar refractivity (Wildman–Crippen MR) is 132 cm³/mol. The van der Waals surface area contributed by atoms with Crippen LogP contribution < -0.4 is 5.32 Å². The van der Waals surface area contributed by atoms with Crippen LogP contribution in [0.5, 0.6) is 0 Å². The molecular weight excluding hydrogens is 566 g/mol. The number of hydrogen-bond acceptors (Lipinski definition) is 7. The Morgan fingerprint density at radius 3 is 2.58 bits per heavy atom. The summed E-state index contributed by atoms with van der Waals surface area (Å²) in [5, 5.41) is 16.1. The molecule has 216 valence electrons. The third-order valence-electron chi connectivity index (χ3n) is 7.15. The number of aromatic amines is 1. The van der Waals surface area contributed by atoms with Crippen molar-refractivity contribution < 1.29 is 39.6 Å². The Bertz CT molecular complexity index is 1460. The fourth-order valence-electron chi connectivity index (χ4n) is 5.07. The molecule has 0 amide bonds. The molecule has 0 unspecified atom stereocenters. The number of H-pyrrole nitrogens is 1. The van der Waals surface area contributed by atoms with Crippen molar-refractivity contribution in [3.8, 4) is 0 Å². The van der Waals surface area contributed by atoms with Gasteiger partial charge in [-0.3, -0.25) is 14.9 Å². The van der Waals surface area contributed by atoms with Crippen LogP contribution in [0.4, 0.5) is 26.3 Å². The van der Waals surface area contributed by atoms with E-state index >= 15 is 0 Å². The van der Waals surface area contributed by atoms with E-state index < -0.39 is 56.6 Å². The quantitative estimate of drug-likeness (QED) is 0.241. The lowest BCUT2D eigenvalue weighted by Crippen LogP contribution is -2.49. The minimum Gasteiger partial charge on any atom is -0.381 e. The van der Waals surface area contributed by atoms with Gasteiger partial charge in [0.25, 0.3) is 0 Å². The third-order valence-corrected chi connectivity index (χ3v) is 9.03. The van der Waals surface area contributed by atoms with Crippen molar-refractivity contribution >= 4 is 28.1 Å². The molecule has 2 aromatic heterocycles. The number of carbonyl (C=O) groups is 1. The molecule has 1 saturated carbocycles. The Balaban J connectivity index is 1.68. The Hall–Kier alpha value is -3.53. The summed E-state index contributed by atoms with van der Waals surface area (Å²) < 4.78 is 104. The second-order valence-electron chi connectivity index (χ2n) is 9.60. The van der Waals surface area contributed by atoms with Gasteiger partial charge in [-0.05, 0) is 49.5 Å². The maximum absolute atomic E-state index is 13.9. The van der Waals surface area contributed by atoms with E-state index in [1.165, 1.54) is 13.2 Å². The number of aromatic nitrogens is 3. The number of rotatable bonds is 8. The van der Waals surface area contributed by atoms with Crippen molar-refractivity contribution in [2.75, 3.05) is 13.6 Å². The molecule has 0 aromatic carbocycles. The fourth-order valence-corrected chi connectivity index (χ4v) is 6.36. The molecule has 0 aliphatic heterocycles. The predicted octanol–water partition coefficient (Wildman–Crippen LogP) is 4.09. The molecule has 2 aliphatic carbocycles. The molecule has 0 bridgehead atoms. The normalized spacial score (nSPS) is 21.9. The van der Waals surface area contributed by atoms with Crippen molar-refractivity contribution in [2.24, 2.45) is 5.41 Å². The summed E-state index contributed by atoms with van der Waals surface area (Å²) in [6, 6.07) is 0.896.